The van der Waals surface area contributed by atoms with Gasteiger partial charge in [-0.3, -0.25) is 4.79 Å². The highest BCUT2D eigenvalue weighted by Crippen LogP contribution is 2.10. The van der Waals surface area contributed by atoms with Gasteiger partial charge in [-0.2, -0.15) is 0 Å². The first-order valence-electron chi connectivity index (χ1n) is 6.13. The maximum atomic E-state index is 11.8. The van der Waals surface area contributed by atoms with Gasteiger partial charge in [0.2, 0.25) is 0 Å². The molecule has 0 bridgehead atoms. The summed E-state index contributed by atoms with van der Waals surface area (Å²) in [6.45, 7) is 2.23. The predicted octanol–water partition coefficient (Wildman–Crippen LogP) is 1.53. The Morgan fingerprint density at radius 3 is 2.47 bits per heavy atom. The van der Waals surface area contributed by atoms with Crippen molar-refractivity contribution in [1.82, 2.24) is 0 Å². The van der Waals surface area contributed by atoms with E-state index in [1.165, 1.54) is 0 Å². The summed E-state index contributed by atoms with van der Waals surface area (Å²) < 4.78 is 28.4. The van der Waals surface area contributed by atoms with E-state index in [9.17, 15) is 13.2 Å². The molecule has 0 unspecified atom stereocenters. The van der Waals surface area contributed by atoms with Gasteiger partial charge in [0.05, 0.1) is 12.4 Å². The zero-order chi connectivity index (χ0) is 14.3. The number of rotatable bonds is 7. The lowest BCUT2D eigenvalue weighted by atomic mass is 10.2. The molecule has 0 aliphatic heterocycles. The fourth-order valence-corrected chi connectivity index (χ4v) is 2.72. The van der Waals surface area contributed by atoms with Crippen LogP contribution in [-0.4, -0.2) is 26.7 Å². The number of carbonyl (C=O) groups excluding carboxylic acids is 1. The Bertz CT molecular complexity index is 508. The van der Waals surface area contributed by atoms with Gasteiger partial charge in [0.1, 0.15) is 5.75 Å². The minimum Gasteiger partial charge on any atom is -0.465 e. The molecule has 0 aliphatic carbocycles. The Hall–Kier alpha value is -1.56. The van der Waals surface area contributed by atoms with Crippen molar-refractivity contribution < 1.29 is 17.9 Å². The van der Waals surface area contributed by atoms with Crippen LogP contribution in [0, 0.1) is 0 Å². The highest BCUT2D eigenvalue weighted by molar-refractivity contribution is 7.91. The molecule has 1 aromatic rings. The van der Waals surface area contributed by atoms with Crippen molar-refractivity contribution in [2.75, 3.05) is 18.1 Å². The molecule has 1 rings (SSSR count). The fraction of sp³-hybridized carbons (Fsp3) is 0.462. The quantitative estimate of drug-likeness (QED) is 0.466. The van der Waals surface area contributed by atoms with E-state index in [0.29, 0.717) is 11.3 Å². The molecule has 0 aromatic heterocycles. The monoisotopic (exact) mass is 285 g/mol. The summed E-state index contributed by atoms with van der Waals surface area (Å²) in [5.74, 6) is -1.46. The maximum absolute atomic E-state index is 11.8. The van der Waals surface area contributed by atoms with E-state index < -0.39 is 21.6 Å². The van der Waals surface area contributed by atoms with Crippen molar-refractivity contribution in [3.05, 3.63) is 29.8 Å². The van der Waals surface area contributed by atoms with Crippen molar-refractivity contribution in [2.45, 2.75) is 25.5 Å². The number of unbranched alkanes of at least 4 members (excludes halogenated alkanes) is 1. The first-order chi connectivity index (χ1) is 8.93. The second-order valence-electron chi connectivity index (χ2n) is 4.35. The van der Waals surface area contributed by atoms with Gasteiger partial charge in [0.25, 0.3) is 0 Å². The topological polar surface area (TPSA) is 86.5 Å². The van der Waals surface area contributed by atoms with Crippen molar-refractivity contribution in [3.63, 3.8) is 0 Å². The van der Waals surface area contributed by atoms with Crippen LogP contribution < -0.4 is 5.73 Å². The number of anilines is 1. The molecular weight excluding hydrogens is 266 g/mol. The van der Waals surface area contributed by atoms with Gasteiger partial charge in [0.15, 0.2) is 9.84 Å². The van der Waals surface area contributed by atoms with Gasteiger partial charge in [-0.1, -0.05) is 25.5 Å². The number of nitrogens with two attached hydrogens (primary N) is 1. The summed E-state index contributed by atoms with van der Waals surface area (Å²) in [5.41, 5.74) is 6.69. The van der Waals surface area contributed by atoms with Crippen LogP contribution in [0.1, 0.15) is 25.3 Å². The third kappa shape index (κ3) is 6.24. The van der Waals surface area contributed by atoms with Crippen LogP contribution in [0.2, 0.25) is 0 Å². The Balaban J connectivity index is 2.52. The summed E-state index contributed by atoms with van der Waals surface area (Å²) in [6.07, 6.45) is 1.63. The van der Waals surface area contributed by atoms with E-state index in [0.717, 1.165) is 12.8 Å². The number of carbonyl (C=O) groups is 1. The van der Waals surface area contributed by atoms with Gasteiger partial charge in [-0.25, -0.2) is 8.42 Å². The van der Waals surface area contributed by atoms with E-state index in [1.807, 2.05) is 6.92 Å². The molecule has 2 N–H and O–H groups in total. The Labute approximate surface area is 113 Å². The fourth-order valence-electron chi connectivity index (χ4n) is 1.47. The van der Waals surface area contributed by atoms with Gasteiger partial charge in [-0.15, -0.1) is 0 Å². The number of hydrogen-bond donors (Lipinski definition) is 1. The minimum atomic E-state index is -3.50. The molecule has 0 radical (unpaired) electrons. The van der Waals surface area contributed by atoms with Crippen molar-refractivity contribution in [1.29, 1.82) is 0 Å². The van der Waals surface area contributed by atoms with Crippen LogP contribution >= 0.6 is 0 Å². The van der Waals surface area contributed by atoms with E-state index in [4.69, 9.17) is 10.5 Å². The SMILES string of the molecule is CCCCOC(=O)CS(=O)(=O)Cc1ccc(N)cc1. The number of esters is 1. The molecule has 0 atom stereocenters. The van der Waals surface area contributed by atoms with Crippen molar-refractivity contribution in [3.8, 4) is 0 Å². The Morgan fingerprint density at radius 1 is 1.26 bits per heavy atom. The molecule has 0 saturated heterocycles. The van der Waals surface area contributed by atoms with Gasteiger partial charge < -0.3 is 10.5 Å². The first-order valence-corrected chi connectivity index (χ1v) is 7.95. The Morgan fingerprint density at radius 2 is 1.89 bits per heavy atom. The average molecular weight is 285 g/mol. The number of nitrogen functional groups attached to an aromatic ring is 1. The minimum absolute atomic E-state index is 0.184. The lowest BCUT2D eigenvalue weighted by Crippen LogP contribution is -2.20. The van der Waals surface area contributed by atoms with E-state index in [1.54, 1.807) is 24.3 Å². The van der Waals surface area contributed by atoms with Crippen LogP contribution in [0.25, 0.3) is 0 Å². The lowest BCUT2D eigenvalue weighted by Gasteiger charge is -2.06. The third-order valence-electron chi connectivity index (χ3n) is 2.47. The van der Waals surface area contributed by atoms with Crippen LogP contribution in [-0.2, 0) is 25.1 Å². The predicted molar refractivity (Wildman–Crippen MR) is 74.2 cm³/mol. The van der Waals surface area contributed by atoms with E-state index >= 15 is 0 Å². The average Bonchev–Trinajstić information content (AvgIpc) is 2.31. The van der Waals surface area contributed by atoms with Crippen molar-refractivity contribution >= 4 is 21.5 Å². The van der Waals surface area contributed by atoms with E-state index in [2.05, 4.69) is 0 Å². The zero-order valence-corrected chi connectivity index (χ0v) is 11.8. The molecule has 6 heteroatoms. The highest BCUT2D eigenvalue weighted by Gasteiger charge is 2.18. The molecule has 0 heterocycles. The molecule has 0 fully saturated rings. The molecule has 0 saturated carbocycles. The maximum Gasteiger partial charge on any atom is 0.321 e. The van der Waals surface area contributed by atoms with E-state index in [-0.39, 0.29) is 12.4 Å². The summed E-state index contributed by atoms with van der Waals surface area (Å²) in [7, 11) is -3.50. The Kier molecular flexibility index (Phi) is 5.82. The lowest BCUT2D eigenvalue weighted by molar-refractivity contribution is -0.140. The standard InChI is InChI=1S/C13H19NO4S/c1-2-3-8-18-13(15)10-19(16,17)9-11-4-6-12(14)7-5-11/h4-7H,2-3,8-10,14H2,1H3. The molecule has 0 amide bonds. The third-order valence-corrected chi connectivity index (χ3v) is 3.91. The molecule has 106 valence electrons. The highest BCUT2D eigenvalue weighted by atomic mass is 32.2. The normalized spacial score (nSPS) is 11.2. The first kappa shape index (κ1) is 15.5. The largest absolute Gasteiger partial charge is 0.465 e. The summed E-state index contributed by atoms with van der Waals surface area (Å²) in [6, 6.07) is 6.53. The summed E-state index contributed by atoms with van der Waals surface area (Å²) in [4.78, 5) is 11.4. The second kappa shape index (κ2) is 7.13. The summed E-state index contributed by atoms with van der Waals surface area (Å²) in [5, 5.41) is 0. The molecular formula is C13H19NO4S. The smallest absolute Gasteiger partial charge is 0.321 e. The molecule has 0 spiro atoms. The summed E-state index contributed by atoms with van der Waals surface area (Å²) >= 11 is 0. The molecule has 1 aromatic carbocycles. The second-order valence-corrected chi connectivity index (χ2v) is 6.41. The number of ether oxygens (including phenoxy) is 1. The van der Waals surface area contributed by atoms with Crippen LogP contribution in [0.3, 0.4) is 0 Å². The zero-order valence-electron chi connectivity index (χ0n) is 11.0. The molecule has 0 aliphatic rings. The van der Waals surface area contributed by atoms with Crippen molar-refractivity contribution in [2.24, 2.45) is 0 Å². The van der Waals surface area contributed by atoms with Gasteiger partial charge >= 0.3 is 5.97 Å². The van der Waals surface area contributed by atoms with Crippen LogP contribution in [0.5, 0.6) is 0 Å². The van der Waals surface area contributed by atoms with Crippen LogP contribution in [0.15, 0.2) is 24.3 Å². The van der Waals surface area contributed by atoms with Crippen LogP contribution in [0.4, 0.5) is 5.69 Å². The number of sulfone groups is 1. The van der Waals surface area contributed by atoms with Gasteiger partial charge in [0, 0.05) is 5.69 Å². The molecule has 19 heavy (non-hydrogen) atoms. The number of hydrogen-bond acceptors (Lipinski definition) is 5. The van der Waals surface area contributed by atoms with Gasteiger partial charge in [-0.05, 0) is 24.1 Å². The molecule has 5 nitrogen and oxygen atoms in total. The number of benzene rings is 1.